The number of rotatable bonds is 7. The van der Waals surface area contributed by atoms with Gasteiger partial charge in [0.25, 0.3) is 11.5 Å². The SMILES string of the molecule is Cc1cccc(NC(=O)c2ccccc2NC(=O)CSc2nc3ccccc3c(=O)n2C2CC2)c1. The summed E-state index contributed by atoms with van der Waals surface area (Å²) in [6, 6.07) is 21.8. The number of benzene rings is 3. The Kier molecular flexibility index (Phi) is 6.37. The summed E-state index contributed by atoms with van der Waals surface area (Å²) in [5.74, 6) is -0.529. The van der Waals surface area contributed by atoms with E-state index in [1.165, 1.54) is 11.8 Å². The number of fused-ring (bicyclic) bond motifs is 1. The molecule has 3 aromatic carbocycles. The van der Waals surface area contributed by atoms with Crippen LogP contribution in [0.15, 0.2) is 82.7 Å². The van der Waals surface area contributed by atoms with Crippen molar-refractivity contribution in [3.05, 3.63) is 94.3 Å². The first-order chi connectivity index (χ1) is 17.0. The summed E-state index contributed by atoms with van der Waals surface area (Å²) in [7, 11) is 0. The molecule has 2 amide bonds. The second-order valence-corrected chi connectivity index (χ2v) is 9.47. The zero-order valence-electron chi connectivity index (χ0n) is 19.2. The summed E-state index contributed by atoms with van der Waals surface area (Å²) < 4.78 is 1.71. The van der Waals surface area contributed by atoms with Crippen LogP contribution in [0.1, 0.15) is 34.8 Å². The topological polar surface area (TPSA) is 93.1 Å². The van der Waals surface area contributed by atoms with Gasteiger partial charge in [0.2, 0.25) is 5.91 Å². The van der Waals surface area contributed by atoms with Crippen molar-refractivity contribution in [3.63, 3.8) is 0 Å². The molecule has 4 aromatic rings. The zero-order valence-corrected chi connectivity index (χ0v) is 20.0. The molecule has 8 heteroatoms. The number of carbonyl (C=O) groups is 2. The largest absolute Gasteiger partial charge is 0.325 e. The number of nitrogens with zero attached hydrogens (tertiary/aromatic N) is 2. The highest BCUT2D eigenvalue weighted by atomic mass is 32.2. The molecule has 35 heavy (non-hydrogen) atoms. The average molecular weight is 485 g/mol. The average Bonchev–Trinajstić information content (AvgIpc) is 3.68. The maximum atomic E-state index is 13.0. The van der Waals surface area contributed by atoms with Crippen molar-refractivity contribution in [1.29, 1.82) is 0 Å². The van der Waals surface area contributed by atoms with Crippen molar-refractivity contribution in [3.8, 4) is 0 Å². The third kappa shape index (κ3) is 5.12. The van der Waals surface area contributed by atoms with E-state index in [4.69, 9.17) is 0 Å². The lowest BCUT2D eigenvalue weighted by Crippen LogP contribution is -2.24. The van der Waals surface area contributed by atoms with Crippen LogP contribution in [0.5, 0.6) is 0 Å². The van der Waals surface area contributed by atoms with Gasteiger partial charge in [-0.2, -0.15) is 0 Å². The van der Waals surface area contributed by atoms with Crippen LogP contribution in [-0.4, -0.2) is 27.1 Å². The molecule has 1 aromatic heterocycles. The van der Waals surface area contributed by atoms with Gasteiger partial charge in [-0.05, 0) is 61.7 Å². The van der Waals surface area contributed by atoms with Gasteiger partial charge < -0.3 is 10.6 Å². The van der Waals surface area contributed by atoms with Crippen molar-refractivity contribution in [2.24, 2.45) is 0 Å². The number of aryl methyl sites for hydroxylation is 1. The maximum absolute atomic E-state index is 13.0. The summed E-state index contributed by atoms with van der Waals surface area (Å²) in [6.45, 7) is 1.95. The van der Waals surface area contributed by atoms with Crippen LogP contribution in [0.3, 0.4) is 0 Å². The van der Waals surface area contributed by atoms with Gasteiger partial charge in [-0.25, -0.2) is 4.98 Å². The van der Waals surface area contributed by atoms with E-state index in [1.54, 1.807) is 41.0 Å². The molecule has 0 spiro atoms. The number of thioether (sulfide) groups is 1. The van der Waals surface area contributed by atoms with E-state index < -0.39 is 0 Å². The standard InChI is InChI=1S/C27H24N4O3S/c1-17-7-6-8-18(15-17)28-25(33)20-9-2-4-11-22(20)29-24(32)16-35-27-30-23-12-5-3-10-21(23)26(34)31(27)19-13-14-19/h2-12,15,19H,13-14,16H2,1H3,(H,28,33)(H,29,32). The predicted octanol–water partition coefficient (Wildman–Crippen LogP) is 5.02. The molecule has 0 atom stereocenters. The van der Waals surface area contributed by atoms with Crippen LogP contribution in [0.2, 0.25) is 0 Å². The summed E-state index contributed by atoms with van der Waals surface area (Å²) >= 11 is 1.23. The van der Waals surface area contributed by atoms with Gasteiger partial charge in [-0.3, -0.25) is 19.0 Å². The molecule has 1 aliphatic carbocycles. The van der Waals surface area contributed by atoms with Crippen molar-refractivity contribution in [1.82, 2.24) is 9.55 Å². The molecule has 1 aliphatic rings. The van der Waals surface area contributed by atoms with E-state index in [-0.39, 0.29) is 29.2 Å². The highest BCUT2D eigenvalue weighted by Crippen LogP contribution is 2.36. The molecule has 7 nitrogen and oxygen atoms in total. The van der Waals surface area contributed by atoms with Gasteiger partial charge in [0.05, 0.1) is 27.9 Å². The maximum Gasteiger partial charge on any atom is 0.262 e. The Hall–Kier alpha value is -3.91. The first-order valence-corrected chi connectivity index (χ1v) is 12.4. The van der Waals surface area contributed by atoms with Crippen LogP contribution in [0, 0.1) is 6.92 Å². The Balaban J connectivity index is 1.31. The lowest BCUT2D eigenvalue weighted by atomic mass is 10.1. The van der Waals surface area contributed by atoms with E-state index in [0.717, 1.165) is 18.4 Å². The second kappa shape index (κ2) is 9.76. The van der Waals surface area contributed by atoms with E-state index >= 15 is 0 Å². The van der Waals surface area contributed by atoms with E-state index in [9.17, 15) is 14.4 Å². The third-order valence-electron chi connectivity index (χ3n) is 5.74. The number of hydrogen-bond donors (Lipinski definition) is 2. The first-order valence-electron chi connectivity index (χ1n) is 11.4. The van der Waals surface area contributed by atoms with Crippen molar-refractivity contribution in [2.75, 3.05) is 16.4 Å². The number of hydrogen-bond acceptors (Lipinski definition) is 5. The van der Waals surface area contributed by atoms with Gasteiger partial charge in [-0.15, -0.1) is 0 Å². The van der Waals surface area contributed by atoms with E-state index in [1.807, 2.05) is 43.3 Å². The van der Waals surface area contributed by atoms with E-state index in [0.29, 0.717) is 33.0 Å². The first kappa shape index (κ1) is 22.9. The number of para-hydroxylation sites is 2. The highest BCUT2D eigenvalue weighted by Gasteiger charge is 2.28. The Morgan fingerprint density at radius 3 is 2.57 bits per heavy atom. The molecular weight excluding hydrogens is 460 g/mol. The molecule has 0 radical (unpaired) electrons. The minimum atomic E-state index is -0.307. The Morgan fingerprint density at radius 1 is 1.00 bits per heavy atom. The predicted molar refractivity (Wildman–Crippen MR) is 139 cm³/mol. The monoisotopic (exact) mass is 484 g/mol. The van der Waals surface area contributed by atoms with Gasteiger partial charge >= 0.3 is 0 Å². The number of anilines is 2. The highest BCUT2D eigenvalue weighted by molar-refractivity contribution is 7.99. The van der Waals surface area contributed by atoms with Crippen LogP contribution >= 0.6 is 11.8 Å². The number of nitrogens with one attached hydrogen (secondary N) is 2. The summed E-state index contributed by atoms with van der Waals surface area (Å²) in [5.41, 5.74) is 3.07. The van der Waals surface area contributed by atoms with Gasteiger partial charge in [-0.1, -0.05) is 48.2 Å². The molecular formula is C27H24N4O3S. The lowest BCUT2D eigenvalue weighted by molar-refractivity contribution is -0.113. The van der Waals surface area contributed by atoms with Crippen LogP contribution < -0.4 is 16.2 Å². The molecule has 1 saturated carbocycles. The molecule has 176 valence electrons. The van der Waals surface area contributed by atoms with Gasteiger partial charge in [0.15, 0.2) is 5.16 Å². The van der Waals surface area contributed by atoms with Crippen LogP contribution in [0.25, 0.3) is 10.9 Å². The normalized spacial score (nSPS) is 12.9. The fourth-order valence-electron chi connectivity index (χ4n) is 3.91. The molecule has 5 rings (SSSR count). The molecule has 0 unspecified atom stereocenters. The molecule has 1 heterocycles. The fraction of sp³-hybridized carbons (Fsp3) is 0.185. The summed E-state index contributed by atoms with van der Waals surface area (Å²) in [6.07, 6.45) is 1.87. The molecule has 1 fully saturated rings. The minimum Gasteiger partial charge on any atom is -0.325 e. The van der Waals surface area contributed by atoms with Crippen LogP contribution in [-0.2, 0) is 4.79 Å². The zero-order chi connectivity index (χ0) is 24.4. The summed E-state index contributed by atoms with van der Waals surface area (Å²) in [4.78, 5) is 43.4. The van der Waals surface area contributed by atoms with Crippen molar-refractivity contribution >= 4 is 45.9 Å². The minimum absolute atomic E-state index is 0.0608. The van der Waals surface area contributed by atoms with Gasteiger partial charge in [0, 0.05) is 11.7 Å². The quantitative estimate of drug-likeness (QED) is 0.284. The molecule has 0 saturated heterocycles. The Labute approximate surface area is 206 Å². The lowest BCUT2D eigenvalue weighted by Gasteiger charge is -2.13. The number of aromatic nitrogens is 2. The molecule has 2 N–H and O–H groups in total. The van der Waals surface area contributed by atoms with Gasteiger partial charge in [0.1, 0.15) is 0 Å². The van der Waals surface area contributed by atoms with Crippen molar-refractivity contribution < 1.29 is 9.59 Å². The Bertz CT molecular complexity index is 1490. The number of carbonyl (C=O) groups excluding carboxylic acids is 2. The molecule has 0 bridgehead atoms. The Morgan fingerprint density at radius 2 is 1.77 bits per heavy atom. The second-order valence-electron chi connectivity index (χ2n) is 8.52. The van der Waals surface area contributed by atoms with Crippen molar-refractivity contribution in [2.45, 2.75) is 31.0 Å². The number of amides is 2. The van der Waals surface area contributed by atoms with E-state index in [2.05, 4.69) is 15.6 Å². The summed E-state index contributed by atoms with van der Waals surface area (Å²) in [5, 5.41) is 6.84. The molecule has 0 aliphatic heterocycles. The third-order valence-corrected chi connectivity index (χ3v) is 6.69. The fourth-order valence-corrected chi connectivity index (χ4v) is 4.78. The smallest absolute Gasteiger partial charge is 0.262 e. The van der Waals surface area contributed by atoms with Crippen LogP contribution in [0.4, 0.5) is 11.4 Å².